The second-order valence-corrected chi connectivity index (χ2v) is 7.03. The SMILES string of the molecule is COC(=O)c1ccccc1C(=O)OCC(=O)N1CCN(c2cccc(C(F)(F)F)c2)CC1. The van der Waals surface area contributed by atoms with E-state index in [1.807, 2.05) is 0 Å². The Bertz CT molecular complexity index is 1000. The molecular weight excluding hydrogens is 429 g/mol. The van der Waals surface area contributed by atoms with Gasteiger partial charge in [-0.15, -0.1) is 0 Å². The predicted octanol–water partition coefficient (Wildman–Crippen LogP) is 3.00. The van der Waals surface area contributed by atoms with Gasteiger partial charge in [0, 0.05) is 31.9 Å². The van der Waals surface area contributed by atoms with Crippen LogP contribution in [-0.2, 0) is 20.4 Å². The molecule has 2 aromatic carbocycles. The second-order valence-electron chi connectivity index (χ2n) is 7.03. The Kier molecular flexibility index (Phi) is 7.01. The Labute approximate surface area is 182 Å². The maximum atomic E-state index is 12.9. The Balaban J connectivity index is 1.55. The number of halogens is 3. The highest BCUT2D eigenvalue weighted by Crippen LogP contribution is 2.31. The van der Waals surface area contributed by atoms with Crippen molar-refractivity contribution >= 4 is 23.5 Å². The fourth-order valence-corrected chi connectivity index (χ4v) is 3.34. The Hall–Kier alpha value is -3.56. The first-order valence-corrected chi connectivity index (χ1v) is 9.75. The fraction of sp³-hybridized carbons (Fsp3) is 0.318. The number of esters is 2. The van der Waals surface area contributed by atoms with E-state index in [0.717, 1.165) is 12.1 Å². The standard InChI is InChI=1S/C22H21F3N2O5/c1-31-20(29)17-7-2-3-8-18(17)21(30)32-14-19(28)27-11-9-26(10-12-27)16-6-4-5-15(13-16)22(23,24)25/h2-8,13H,9-12,14H2,1H3. The molecule has 1 aliphatic heterocycles. The van der Waals surface area contributed by atoms with E-state index in [1.165, 1.54) is 30.2 Å². The smallest absolute Gasteiger partial charge is 0.416 e. The lowest BCUT2D eigenvalue weighted by atomic mass is 10.1. The number of nitrogens with zero attached hydrogens (tertiary/aromatic N) is 2. The molecule has 0 N–H and O–H groups in total. The molecule has 0 spiro atoms. The Morgan fingerprint density at radius 3 is 2.12 bits per heavy atom. The van der Waals surface area contributed by atoms with Gasteiger partial charge in [-0.2, -0.15) is 13.2 Å². The number of benzene rings is 2. The van der Waals surface area contributed by atoms with Crippen molar-refractivity contribution in [3.8, 4) is 0 Å². The van der Waals surface area contributed by atoms with Crippen molar-refractivity contribution < 1.29 is 37.0 Å². The van der Waals surface area contributed by atoms with Gasteiger partial charge in [-0.3, -0.25) is 4.79 Å². The molecule has 0 atom stereocenters. The molecule has 0 radical (unpaired) electrons. The van der Waals surface area contributed by atoms with Gasteiger partial charge >= 0.3 is 18.1 Å². The highest BCUT2D eigenvalue weighted by atomic mass is 19.4. The first kappa shape index (κ1) is 23.1. The number of ether oxygens (including phenoxy) is 2. The van der Waals surface area contributed by atoms with Crippen LogP contribution in [0.4, 0.5) is 18.9 Å². The maximum absolute atomic E-state index is 12.9. The molecule has 3 rings (SSSR count). The van der Waals surface area contributed by atoms with Crippen LogP contribution in [0.1, 0.15) is 26.3 Å². The van der Waals surface area contributed by atoms with E-state index in [-0.39, 0.29) is 24.2 Å². The molecule has 1 heterocycles. The Morgan fingerprint density at radius 2 is 1.53 bits per heavy atom. The third kappa shape index (κ3) is 5.37. The van der Waals surface area contributed by atoms with E-state index >= 15 is 0 Å². The van der Waals surface area contributed by atoms with Crippen LogP contribution in [0.25, 0.3) is 0 Å². The molecule has 0 bridgehead atoms. The molecule has 7 nitrogen and oxygen atoms in total. The van der Waals surface area contributed by atoms with Crippen molar-refractivity contribution in [2.75, 3.05) is 44.8 Å². The lowest BCUT2D eigenvalue weighted by Crippen LogP contribution is -2.50. The summed E-state index contributed by atoms with van der Waals surface area (Å²) in [7, 11) is 1.19. The van der Waals surface area contributed by atoms with Crippen LogP contribution in [-0.4, -0.2) is 62.6 Å². The number of hydrogen-bond acceptors (Lipinski definition) is 6. The van der Waals surface area contributed by atoms with Crippen LogP contribution in [0.15, 0.2) is 48.5 Å². The summed E-state index contributed by atoms with van der Waals surface area (Å²) in [6.07, 6.45) is -4.43. The van der Waals surface area contributed by atoms with E-state index in [1.54, 1.807) is 23.1 Å². The lowest BCUT2D eigenvalue weighted by Gasteiger charge is -2.36. The average molecular weight is 450 g/mol. The van der Waals surface area contributed by atoms with Crippen molar-refractivity contribution in [3.05, 3.63) is 65.2 Å². The number of anilines is 1. The predicted molar refractivity (Wildman–Crippen MR) is 108 cm³/mol. The van der Waals surface area contributed by atoms with E-state index in [4.69, 9.17) is 4.74 Å². The maximum Gasteiger partial charge on any atom is 0.416 e. The molecule has 0 saturated carbocycles. The number of carbonyl (C=O) groups is 3. The minimum Gasteiger partial charge on any atom is -0.465 e. The number of methoxy groups -OCH3 is 1. The summed E-state index contributed by atoms with van der Waals surface area (Å²) in [4.78, 5) is 39.8. The van der Waals surface area contributed by atoms with Crippen LogP contribution >= 0.6 is 0 Å². The topological polar surface area (TPSA) is 76.2 Å². The lowest BCUT2D eigenvalue weighted by molar-refractivity contribution is -0.137. The summed E-state index contributed by atoms with van der Waals surface area (Å²) >= 11 is 0. The van der Waals surface area contributed by atoms with Gasteiger partial charge in [0.2, 0.25) is 0 Å². The second kappa shape index (κ2) is 9.71. The monoisotopic (exact) mass is 450 g/mol. The molecule has 0 aliphatic carbocycles. The Morgan fingerprint density at radius 1 is 0.906 bits per heavy atom. The highest BCUT2D eigenvalue weighted by molar-refractivity contribution is 6.03. The summed E-state index contributed by atoms with van der Waals surface area (Å²) < 4.78 is 48.5. The summed E-state index contributed by atoms with van der Waals surface area (Å²) in [5.74, 6) is -1.96. The van der Waals surface area contributed by atoms with Crippen molar-refractivity contribution in [2.24, 2.45) is 0 Å². The van der Waals surface area contributed by atoms with Gasteiger partial charge in [0.05, 0.1) is 23.8 Å². The van der Waals surface area contributed by atoms with Crippen molar-refractivity contribution in [1.82, 2.24) is 4.90 Å². The van der Waals surface area contributed by atoms with Crippen LogP contribution in [0.5, 0.6) is 0 Å². The zero-order valence-electron chi connectivity index (χ0n) is 17.2. The molecule has 32 heavy (non-hydrogen) atoms. The fourth-order valence-electron chi connectivity index (χ4n) is 3.34. The van der Waals surface area contributed by atoms with E-state index in [9.17, 15) is 27.6 Å². The molecular formula is C22H21F3N2O5. The van der Waals surface area contributed by atoms with E-state index in [2.05, 4.69) is 4.74 Å². The van der Waals surface area contributed by atoms with Gasteiger partial charge in [0.25, 0.3) is 5.91 Å². The molecule has 1 amide bonds. The summed E-state index contributed by atoms with van der Waals surface area (Å²) in [6.45, 7) is 0.701. The zero-order chi connectivity index (χ0) is 23.3. The average Bonchev–Trinajstić information content (AvgIpc) is 2.81. The number of rotatable bonds is 5. The van der Waals surface area contributed by atoms with Crippen LogP contribution in [0.3, 0.4) is 0 Å². The quantitative estimate of drug-likeness (QED) is 0.652. The summed E-state index contributed by atoms with van der Waals surface area (Å²) in [5.41, 5.74) is -0.283. The third-order valence-electron chi connectivity index (χ3n) is 5.05. The van der Waals surface area contributed by atoms with E-state index in [0.29, 0.717) is 18.8 Å². The van der Waals surface area contributed by atoms with Gasteiger partial charge in [0.1, 0.15) is 0 Å². The molecule has 1 aliphatic rings. The molecule has 10 heteroatoms. The minimum absolute atomic E-state index is 0.0125. The summed E-state index contributed by atoms with van der Waals surface area (Å²) in [6, 6.07) is 11.0. The number of carbonyl (C=O) groups excluding carboxylic acids is 3. The molecule has 1 fully saturated rings. The number of amides is 1. The van der Waals surface area contributed by atoms with Crippen LogP contribution < -0.4 is 4.90 Å². The van der Waals surface area contributed by atoms with Crippen molar-refractivity contribution in [1.29, 1.82) is 0 Å². The molecule has 0 unspecified atom stereocenters. The first-order chi connectivity index (χ1) is 15.2. The molecule has 170 valence electrons. The minimum atomic E-state index is -4.43. The largest absolute Gasteiger partial charge is 0.465 e. The van der Waals surface area contributed by atoms with E-state index < -0.39 is 36.2 Å². The first-order valence-electron chi connectivity index (χ1n) is 9.75. The third-order valence-corrected chi connectivity index (χ3v) is 5.05. The normalized spacial score (nSPS) is 14.1. The number of hydrogen-bond donors (Lipinski definition) is 0. The zero-order valence-corrected chi connectivity index (χ0v) is 17.2. The van der Waals surface area contributed by atoms with Gasteiger partial charge in [0.15, 0.2) is 6.61 Å². The van der Waals surface area contributed by atoms with Crippen LogP contribution in [0.2, 0.25) is 0 Å². The highest BCUT2D eigenvalue weighted by Gasteiger charge is 2.31. The van der Waals surface area contributed by atoms with Gasteiger partial charge in [-0.25, -0.2) is 9.59 Å². The molecule has 1 saturated heterocycles. The number of alkyl halides is 3. The molecule has 2 aromatic rings. The van der Waals surface area contributed by atoms with Gasteiger partial charge in [-0.05, 0) is 30.3 Å². The molecule has 0 aromatic heterocycles. The summed E-state index contributed by atoms with van der Waals surface area (Å²) in [5, 5.41) is 0. The number of piperazine rings is 1. The van der Waals surface area contributed by atoms with Gasteiger partial charge < -0.3 is 19.3 Å². The van der Waals surface area contributed by atoms with Crippen LogP contribution in [0, 0.1) is 0 Å². The van der Waals surface area contributed by atoms with Crippen molar-refractivity contribution in [3.63, 3.8) is 0 Å². The van der Waals surface area contributed by atoms with Gasteiger partial charge in [-0.1, -0.05) is 18.2 Å². The van der Waals surface area contributed by atoms with Crippen molar-refractivity contribution in [2.45, 2.75) is 6.18 Å².